The molecular weight excluding hydrogens is 398 g/mol. The lowest BCUT2D eigenvalue weighted by Crippen LogP contribution is -2.39. The molecule has 0 bridgehead atoms. The number of allylic oxidation sites excluding steroid dienone is 1. The van der Waals surface area contributed by atoms with E-state index in [1.54, 1.807) is 0 Å². The Morgan fingerprint density at radius 1 is 1.20 bits per heavy atom. The van der Waals surface area contributed by atoms with E-state index in [1.807, 2.05) is 12.1 Å². The predicted molar refractivity (Wildman–Crippen MR) is 123 cm³/mol. The van der Waals surface area contributed by atoms with E-state index in [0.29, 0.717) is 17.9 Å². The number of ether oxygens (including phenoxy) is 1. The van der Waals surface area contributed by atoms with Gasteiger partial charge in [-0.3, -0.25) is 4.72 Å². The van der Waals surface area contributed by atoms with Gasteiger partial charge in [0.25, 0.3) is 0 Å². The van der Waals surface area contributed by atoms with Crippen LogP contribution >= 0.6 is 11.9 Å². The molecule has 1 saturated heterocycles. The lowest BCUT2D eigenvalue weighted by atomic mass is 10.1. The molecule has 0 saturated carbocycles. The summed E-state index contributed by atoms with van der Waals surface area (Å²) < 4.78 is 8.51. The lowest BCUT2D eigenvalue weighted by molar-refractivity contribution is -0.186. The summed E-state index contributed by atoms with van der Waals surface area (Å²) in [7, 11) is 0. The number of benzene rings is 2. The van der Waals surface area contributed by atoms with E-state index in [0.717, 1.165) is 24.0 Å². The molecule has 0 spiro atoms. The van der Waals surface area contributed by atoms with Gasteiger partial charge >= 0.3 is 0 Å². The smallest absolute Gasteiger partial charge is 0.157 e. The lowest BCUT2D eigenvalue weighted by Gasteiger charge is -2.30. The van der Waals surface area contributed by atoms with Crippen LogP contribution in [-0.2, 0) is 4.74 Å². The summed E-state index contributed by atoms with van der Waals surface area (Å²) >= 11 is 1.23. The summed E-state index contributed by atoms with van der Waals surface area (Å²) in [6, 6.07) is 14.8. The Labute approximate surface area is 182 Å². The SMILES string of the molecule is CCN(CC)c1ccc2cc(/C=C(\C#N)SNCC3CC(O)CC(O)O3)ccc2c1. The Morgan fingerprint density at radius 2 is 1.93 bits per heavy atom. The fraction of sp³-hybridized carbons (Fsp3) is 0.435. The topological polar surface area (TPSA) is 88.8 Å². The Balaban J connectivity index is 1.64. The van der Waals surface area contributed by atoms with E-state index in [9.17, 15) is 15.5 Å². The molecule has 0 radical (unpaired) electrons. The number of fused-ring (bicyclic) bond motifs is 1. The van der Waals surface area contributed by atoms with Gasteiger partial charge in [-0.15, -0.1) is 0 Å². The van der Waals surface area contributed by atoms with Crippen molar-refractivity contribution >= 4 is 34.5 Å². The molecule has 6 nitrogen and oxygen atoms in total. The van der Waals surface area contributed by atoms with E-state index < -0.39 is 12.4 Å². The van der Waals surface area contributed by atoms with Crippen molar-refractivity contribution in [1.29, 1.82) is 5.26 Å². The zero-order valence-electron chi connectivity index (χ0n) is 17.4. The molecule has 3 rings (SSSR count). The summed E-state index contributed by atoms with van der Waals surface area (Å²) in [6.45, 7) is 6.69. The van der Waals surface area contributed by atoms with Crippen LogP contribution in [0.15, 0.2) is 41.3 Å². The third-order valence-electron chi connectivity index (χ3n) is 5.24. The Morgan fingerprint density at radius 3 is 2.63 bits per heavy atom. The Bertz CT molecular complexity index is 914. The zero-order chi connectivity index (χ0) is 21.5. The van der Waals surface area contributed by atoms with E-state index in [4.69, 9.17) is 4.74 Å². The van der Waals surface area contributed by atoms with Gasteiger partial charge in [0.2, 0.25) is 0 Å². The minimum absolute atomic E-state index is 0.241. The van der Waals surface area contributed by atoms with Crippen LogP contribution in [0.25, 0.3) is 16.8 Å². The molecular formula is C23H29N3O3S. The van der Waals surface area contributed by atoms with E-state index in [-0.39, 0.29) is 12.5 Å². The number of aliphatic hydroxyl groups excluding tert-OH is 2. The molecule has 1 aliphatic rings. The highest BCUT2D eigenvalue weighted by atomic mass is 32.2. The molecule has 7 heteroatoms. The molecule has 160 valence electrons. The van der Waals surface area contributed by atoms with Crippen molar-refractivity contribution in [3.63, 3.8) is 0 Å². The first-order valence-corrected chi connectivity index (χ1v) is 11.2. The van der Waals surface area contributed by atoms with Gasteiger partial charge in [0.15, 0.2) is 6.29 Å². The van der Waals surface area contributed by atoms with Crippen LogP contribution in [0, 0.1) is 11.3 Å². The van der Waals surface area contributed by atoms with Crippen LogP contribution in [-0.4, -0.2) is 48.3 Å². The molecule has 3 unspecified atom stereocenters. The molecule has 1 heterocycles. The first kappa shape index (κ1) is 22.6. The number of hydrogen-bond donors (Lipinski definition) is 3. The van der Waals surface area contributed by atoms with Crippen LogP contribution in [0.2, 0.25) is 0 Å². The van der Waals surface area contributed by atoms with Gasteiger partial charge in [-0.05, 0) is 66.4 Å². The fourth-order valence-corrected chi connectivity index (χ4v) is 4.34. The van der Waals surface area contributed by atoms with Gasteiger partial charge < -0.3 is 19.8 Å². The van der Waals surface area contributed by atoms with Crippen molar-refractivity contribution in [2.75, 3.05) is 24.5 Å². The maximum Gasteiger partial charge on any atom is 0.157 e. The number of nitrogens with zero attached hydrogens (tertiary/aromatic N) is 2. The quantitative estimate of drug-likeness (QED) is 0.438. The molecule has 2 aromatic carbocycles. The average molecular weight is 428 g/mol. The van der Waals surface area contributed by atoms with Crippen molar-refractivity contribution in [3.05, 3.63) is 46.9 Å². The Hall–Kier alpha value is -2.08. The van der Waals surface area contributed by atoms with Crippen molar-refractivity contribution < 1.29 is 14.9 Å². The molecule has 1 fully saturated rings. The second-order valence-electron chi connectivity index (χ2n) is 7.37. The second kappa shape index (κ2) is 10.8. The van der Waals surface area contributed by atoms with Gasteiger partial charge in [-0.1, -0.05) is 18.2 Å². The van der Waals surface area contributed by atoms with Crippen LogP contribution in [0.3, 0.4) is 0 Å². The van der Waals surface area contributed by atoms with E-state index >= 15 is 0 Å². The van der Waals surface area contributed by atoms with Crippen LogP contribution in [0.1, 0.15) is 32.3 Å². The number of nitrogens with one attached hydrogen (secondary N) is 1. The monoisotopic (exact) mass is 427 g/mol. The molecule has 3 N–H and O–H groups in total. The van der Waals surface area contributed by atoms with Crippen molar-refractivity contribution in [2.45, 2.75) is 45.2 Å². The van der Waals surface area contributed by atoms with Crippen molar-refractivity contribution in [2.24, 2.45) is 0 Å². The predicted octanol–water partition coefficient (Wildman–Crippen LogP) is 3.65. The molecule has 30 heavy (non-hydrogen) atoms. The van der Waals surface area contributed by atoms with Gasteiger partial charge in [0, 0.05) is 38.2 Å². The Kier molecular flexibility index (Phi) is 8.14. The maximum atomic E-state index is 9.72. The van der Waals surface area contributed by atoms with Crippen LogP contribution in [0.5, 0.6) is 0 Å². The standard InChI is InChI=1S/C23H29N3O3S/c1-3-26(4-2)19-8-7-17-9-16(5-6-18(17)11-19)10-22(14-24)30-25-15-21-12-20(27)13-23(28)29-21/h5-11,20-21,23,25,27-28H,3-4,12-13,15H2,1-2H3/b22-10+. The second-order valence-corrected chi connectivity index (χ2v) is 8.30. The number of aliphatic hydroxyl groups is 2. The van der Waals surface area contributed by atoms with Crippen LogP contribution in [0.4, 0.5) is 5.69 Å². The third-order valence-corrected chi connectivity index (χ3v) is 5.98. The molecule has 0 aliphatic carbocycles. The largest absolute Gasteiger partial charge is 0.393 e. The third kappa shape index (κ3) is 5.97. The molecule has 1 aliphatic heterocycles. The van der Waals surface area contributed by atoms with E-state index in [2.05, 4.69) is 59.9 Å². The van der Waals surface area contributed by atoms with Crippen molar-refractivity contribution in [3.8, 4) is 6.07 Å². The number of anilines is 1. The van der Waals surface area contributed by atoms with Crippen LogP contribution < -0.4 is 9.62 Å². The normalized spacial score (nSPS) is 22.1. The van der Waals surface area contributed by atoms with Gasteiger partial charge in [0.05, 0.1) is 12.2 Å². The zero-order valence-corrected chi connectivity index (χ0v) is 18.2. The summed E-state index contributed by atoms with van der Waals surface area (Å²) in [5, 5.41) is 31.1. The highest BCUT2D eigenvalue weighted by Gasteiger charge is 2.26. The fourth-order valence-electron chi connectivity index (χ4n) is 3.67. The summed E-state index contributed by atoms with van der Waals surface area (Å²) in [4.78, 5) is 2.85. The minimum Gasteiger partial charge on any atom is -0.393 e. The van der Waals surface area contributed by atoms with E-state index in [1.165, 1.54) is 23.0 Å². The maximum absolute atomic E-state index is 9.72. The number of hydrogen-bond acceptors (Lipinski definition) is 7. The van der Waals surface area contributed by atoms with Gasteiger partial charge in [0.1, 0.15) is 11.0 Å². The highest BCUT2D eigenvalue weighted by molar-refractivity contribution is 8.01. The number of nitriles is 1. The minimum atomic E-state index is -0.934. The van der Waals surface area contributed by atoms with Crippen molar-refractivity contribution in [1.82, 2.24) is 4.72 Å². The average Bonchev–Trinajstić information content (AvgIpc) is 2.73. The number of rotatable bonds is 8. The van der Waals surface area contributed by atoms with Gasteiger partial charge in [-0.2, -0.15) is 5.26 Å². The summed E-state index contributed by atoms with van der Waals surface area (Å²) in [5.41, 5.74) is 2.18. The molecule has 0 aromatic heterocycles. The molecule has 2 aromatic rings. The molecule has 3 atom stereocenters. The van der Waals surface area contributed by atoms with Gasteiger partial charge in [-0.25, -0.2) is 0 Å². The molecule has 0 amide bonds. The highest BCUT2D eigenvalue weighted by Crippen LogP contribution is 2.25. The summed E-state index contributed by atoms with van der Waals surface area (Å²) in [6.07, 6.45) is 0.785. The first-order chi connectivity index (χ1) is 14.5. The first-order valence-electron chi connectivity index (χ1n) is 10.3. The summed E-state index contributed by atoms with van der Waals surface area (Å²) in [5.74, 6) is 0.